The molecule has 170 valence electrons. The van der Waals surface area contributed by atoms with Crippen LogP contribution >= 0.6 is 0 Å². The fourth-order valence-corrected chi connectivity index (χ4v) is 4.30. The zero-order chi connectivity index (χ0) is 23.1. The maximum absolute atomic E-state index is 12.6. The highest BCUT2D eigenvalue weighted by molar-refractivity contribution is 5.96. The maximum atomic E-state index is 12.6. The van der Waals surface area contributed by atoms with Crippen LogP contribution in [0.4, 0.5) is 4.79 Å². The highest BCUT2D eigenvalue weighted by Gasteiger charge is 2.38. The molecule has 1 amide bonds. The van der Waals surface area contributed by atoms with Crippen LogP contribution in [0.5, 0.6) is 0 Å². The van der Waals surface area contributed by atoms with Crippen LogP contribution < -0.4 is 5.73 Å². The lowest BCUT2D eigenvalue weighted by molar-refractivity contribution is 0.0768. The molecule has 0 atom stereocenters. The van der Waals surface area contributed by atoms with Crippen LogP contribution in [0.15, 0.2) is 73.1 Å². The zero-order valence-corrected chi connectivity index (χ0v) is 18.5. The number of nitrogens with two attached hydrogens (primary N) is 1. The number of rotatable bonds is 7. The number of carbonyl (C=O) groups excluding carboxylic acids is 2. The van der Waals surface area contributed by atoms with Gasteiger partial charge in [0, 0.05) is 37.3 Å². The molecular weight excluding hydrogens is 416 g/mol. The van der Waals surface area contributed by atoms with Crippen LogP contribution in [0.25, 0.3) is 0 Å². The Hall–Kier alpha value is -3.58. The number of Topliss-reactive ketones (excluding diaryl/α,β-unsaturated/α-hetero) is 1. The number of ketones is 1. The van der Waals surface area contributed by atoms with E-state index in [0.29, 0.717) is 30.9 Å². The van der Waals surface area contributed by atoms with Gasteiger partial charge in [-0.15, -0.1) is 0 Å². The van der Waals surface area contributed by atoms with Gasteiger partial charge in [0.05, 0.1) is 12.1 Å². The summed E-state index contributed by atoms with van der Waals surface area (Å²) in [4.78, 5) is 35.1. The van der Waals surface area contributed by atoms with E-state index >= 15 is 0 Å². The van der Waals surface area contributed by atoms with Crippen molar-refractivity contribution in [1.82, 2.24) is 14.9 Å². The molecule has 33 heavy (non-hydrogen) atoms. The molecule has 1 aliphatic rings. The van der Waals surface area contributed by atoms with Crippen molar-refractivity contribution in [2.45, 2.75) is 31.3 Å². The Morgan fingerprint density at radius 3 is 2.15 bits per heavy atom. The predicted octanol–water partition coefficient (Wildman–Crippen LogP) is 3.53. The van der Waals surface area contributed by atoms with E-state index in [2.05, 4.69) is 22.1 Å². The van der Waals surface area contributed by atoms with Crippen LogP contribution in [0.1, 0.15) is 40.2 Å². The van der Waals surface area contributed by atoms with Gasteiger partial charge in [0.15, 0.2) is 5.78 Å². The van der Waals surface area contributed by atoms with Gasteiger partial charge in [-0.3, -0.25) is 4.79 Å². The first-order chi connectivity index (χ1) is 16.1. The van der Waals surface area contributed by atoms with Crippen molar-refractivity contribution in [2.75, 3.05) is 19.6 Å². The van der Waals surface area contributed by atoms with E-state index in [-0.39, 0.29) is 30.4 Å². The Morgan fingerprint density at radius 2 is 1.55 bits per heavy atom. The Morgan fingerprint density at radius 1 is 0.939 bits per heavy atom. The van der Waals surface area contributed by atoms with Gasteiger partial charge in [-0.2, -0.15) is 0 Å². The molecule has 2 aromatic carbocycles. The molecule has 3 aromatic rings. The number of benzene rings is 2. The molecule has 2 N–H and O–H groups in total. The molecule has 2 heterocycles. The second-order valence-corrected chi connectivity index (χ2v) is 8.37. The van der Waals surface area contributed by atoms with Crippen LogP contribution in [0.2, 0.25) is 0 Å². The van der Waals surface area contributed by atoms with E-state index in [0.717, 1.165) is 18.4 Å². The first kappa shape index (κ1) is 22.6. The molecule has 0 spiro atoms. The second kappa shape index (κ2) is 10.4. The normalized spacial score (nSPS) is 15.1. The molecule has 0 bridgehead atoms. The molecule has 1 fully saturated rings. The summed E-state index contributed by atoms with van der Waals surface area (Å²) in [7, 11) is 0. The number of hydrogen-bond acceptors (Lipinski definition) is 6. The number of piperidine rings is 1. The van der Waals surface area contributed by atoms with Gasteiger partial charge < -0.3 is 15.4 Å². The van der Waals surface area contributed by atoms with Crippen LogP contribution in [0, 0.1) is 0 Å². The van der Waals surface area contributed by atoms with Gasteiger partial charge in [0.1, 0.15) is 12.4 Å². The van der Waals surface area contributed by atoms with Crippen molar-refractivity contribution in [1.29, 1.82) is 0 Å². The molecular formula is C26H28N4O3. The molecule has 1 saturated heterocycles. The van der Waals surface area contributed by atoms with E-state index in [9.17, 15) is 9.59 Å². The number of likely N-dealkylation sites (tertiary alicyclic amines) is 1. The second-order valence-electron chi connectivity index (χ2n) is 8.37. The minimum Gasteiger partial charge on any atom is -0.445 e. The fourth-order valence-electron chi connectivity index (χ4n) is 4.30. The molecule has 7 heteroatoms. The molecule has 0 aliphatic carbocycles. The average molecular weight is 445 g/mol. The average Bonchev–Trinajstić information content (AvgIpc) is 2.89. The van der Waals surface area contributed by atoms with Crippen molar-refractivity contribution in [3.8, 4) is 0 Å². The summed E-state index contributed by atoms with van der Waals surface area (Å²) < 4.78 is 5.53. The maximum Gasteiger partial charge on any atom is 0.410 e. The molecule has 1 aliphatic heterocycles. The molecule has 0 radical (unpaired) electrons. The standard InChI is InChI=1S/C26H28N4O3/c27-16-23(31)21-17-28-24(29-18-21)15-26(22-9-5-2-6-10-22)11-13-30(14-12-26)25(32)33-19-20-7-3-1-4-8-20/h1-10,17-18H,11-16,19,27H2. The summed E-state index contributed by atoms with van der Waals surface area (Å²) in [6.45, 7) is 1.38. The van der Waals surface area contributed by atoms with Crippen LogP contribution in [-0.4, -0.2) is 46.4 Å². The summed E-state index contributed by atoms with van der Waals surface area (Å²) >= 11 is 0. The number of carbonyl (C=O) groups is 2. The third-order valence-corrected chi connectivity index (χ3v) is 6.28. The number of aromatic nitrogens is 2. The Labute approximate surface area is 193 Å². The molecule has 1 aromatic heterocycles. The molecule has 7 nitrogen and oxygen atoms in total. The largest absolute Gasteiger partial charge is 0.445 e. The van der Waals surface area contributed by atoms with Gasteiger partial charge in [0.2, 0.25) is 0 Å². The Kier molecular flexibility index (Phi) is 7.10. The van der Waals surface area contributed by atoms with E-state index in [4.69, 9.17) is 10.5 Å². The van der Waals surface area contributed by atoms with Gasteiger partial charge in [-0.05, 0) is 24.0 Å². The highest BCUT2D eigenvalue weighted by Crippen LogP contribution is 2.38. The topological polar surface area (TPSA) is 98.4 Å². The van der Waals surface area contributed by atoms with E-state index in [1.165, 1.54) is 5.56 Å². The van der Waals surface area contributed by atoms with E-state index in [1.807, 2.05) is 48.5 Å². The number of hydrogen-bond donors (Lipinski definition) is 1. The van der Waals surface area contributed by atoms with Crippen molar-refractivity contribution in [3.63, 3.8) is 0 Å². The molecule has 0 unspecified atom stereocenters. The quantitative estimate of drug-likeness (QED) is 0.560. The third kappa shape index (κ3) is 5.43. The summed E-state index contributed by atoms with van der Waals surface area (Å²) in [5.74, 6) is 0.495. The number of ether oxygens (including phenoxy) is 1. The monoisotopic (exact) mass is 444 g/mol. The highest BCUT2D eigenvalue weighted by atomic mass is 16.6. The summed E-state index contributed by atoms with van der Waals surface area (Å²) in [5, 5.41) is 0. The summed E-state index contributed by atoms with van der Waals surface area (Å²) in [6, 6.07) is 20.0. The first-order valence-electron chi connectivity index (χ1n) is 11.1. The lowest BCUT2D eigenvalue weighted by Crippen LogP contribution is -2.46. The van der Waals surface area contributed by atoms with Crippen molar-refractivity contribution < 1.29 is 14.3 Å². The van der Waals surface area contributed by atoms with E-state index < -0.39 is 0 Å². The van der Waals surface area contributed by atoms with Crippen LogP contribution in [0.3, 0.4) is 0 Å². The van der Waals surface area contributed by atoms with Gasteiger partial charge in [0.25, 0.3) is 0 Å². The third-order valence-electron chi connectivity index (χ3n) is 6.28. The SMILES string of the molecule is NCC(=O)c1cnc(CC2(c3ccccc3)CCN(C(=O)OCc3ccccc3)CC2)nc1. The van der Waals surface area contributed by atoms with Crippen molar-refractivity contribution in [2.24, 2.45) is 5.73 Å². The number of nitrogens with zero attached hydrogens (tertiary/aromatic N) is 3. The molecule has 0 saturated carbocycles. The van der Waals surface area contributed by atoms with Gasteiger partial charge in [-0.25, -0.2) is 14.8 Å². The van der Waals surface area contributed by atoms with Gasteiger partial charge >= 0.3 is 6.09 Å². The smallest absolute Gasteiger partial charge is 0.410 e. The van der Waals surface area contributed by atoms with Crippen molar-refractivity contribution in [3.05, 3.63) is 95.6 Å². The van der Waals surface area contributed by atoms with Crippen LogP contribution in [-0.2, 0) is 23.2 Å². The minimum atomic E-state index is -0.290. The Bertz CT molecular complexity index is 1060. The fraction of sp³-hybridized carbons (Fsp3) is 0.308. The zero-order valence-electron chi connectivity index (χ0n) is 18.5. The van der Waals surface area contributed by atoms with Crippen molar-refractivity contribution >= 4 is 11.9 Å². The van der Waals surface area contributed by atoms with Gasteiger partial charge in [-0.1, -0.05) is 60.7 Å². The lowest BCUT2D eigenvalue weighted by atomic mass is 9.70. The minimum absolute atomic E-state index is 0.0626. The first-order valence-corrected chi connectivity index (χ1v) is 11.1. The predicted molar refractivity (Wildman–Crippen MR) is 125 cm³/mol. The summed E-state index contributed by atoms with van der Waals surface area (Å²) in [6.07, 6.45) is 4.97. The van der Waals surface area contributed by atoms with E-state index in [1.54, 1.807) is 17.3 Å². The lowest BCUT2D eigenvalue weighted by Gasteiger charge is -2.41. The Balaban J connectivity index is 1.45. The molecule has 4 rings (SSSR count). The number of amides is 1. The summed E-state index contributed by atoms with van der Waals surface area (Å²) in [5.41, 5.74) is 7.83.